The molecule has 0 aromatic heterocycles. The summed E-state index contributed by atoms with van der Waals surface area (Å²) in [5.41, 5.74) is 3.38. The van der Waals surface area contributed by atoms with Gasteiger partial charge in [-0.2, -0.15) is 0 Å². The molecule has 1 unspecified atom stereocenters. The van der Waals surface area contributed by atoms with Crippen LogP contribution in [0.5, 0.6) is 0 Å². The third-order valence-electron chi connectivity index (χ3n) is 11.6. The first-order valence-corrected chi connectivity index (χ1v) is 17.0. The lowest BCUT2D eigenvalue weighted by Gasteiger charge is -2.59. The van der Waals surface area contributed by atoms with Crippen LogP contribution in [0.2, 0.25) is 0 Å². The molecule has 0 radical (unpaired) electrons. The molecule has 4 nitrogen and oxygen atoms in total. The van der Waals surface area contributed by atoms with Crippen molar-refractivity contribution in [1.82, 2.24) is 0 Å². The molecule has 1 N–H and O–H groups in total. The third kappa shape index (κ3) is 4.31. The largest absolute Gasteiger partial charge is 0.393 e. The molecule has 0 amide bonds. The van der Waals surface area contributed by atoms with Crippen molar-refractivity contribution in [1.29, 1.82) is 0 Å². The molecule has 4 aliphatic rings. The fraction of sp³-hybridized carbons (Fsp3) is 0.735. The number of hydrogen-bond donors (Lipinski definition) is 1. The summed E-state index contributed by atoms with van der Waals surface area (Å²) in [5, 5.41) is 10.4. The highest BCUT2D eigenvalue weighted by Crippen LogP contribution is 2.65. The van der Waals surface area contributed by atoms with Gasteiger partial charge in [0, 0.05) is 17.3 Å². The van der Waals surface area contributed by atoms with Gasteiger partial charge in [-0.1, -0.05) is 79.2 Å². The van der Waals surface area contributed by atoms with Crippen molar-refractivity contribution >= 4 is 15.6 Å². The number of aliphatic hydroxyl groups is 1. The Morgan fingerprint density at radius 3 is 2.10 bits per heavy atom. The normalized spacial score (nSPS) is 36.7. The number of allylic oxidation sites excluding steroid dienone is 1. The summed E-state index contributed by atoms with van der Waals surface area (Å²) in [5.74, 6) is 1.73. The maximum absolute atomic E-state index is 15.1. The predicted molar refractivity (Wildman–Crippen MR) is 158 cm³/mol. The molecule has 7 atom stereocenters. The van der Waals surface area contributed by atoms with E-state index in [1.54, 1.807) is 0 Å². The van der Waals surface area contributed by atoms with E-state index in [0.717, 1.165) is 42.4 Å². The number of carbonyl (C=O) groups is 1. The Labute approximate surface area is 237 Å². The Balaban J connectivity index is 1.69. The Morgan fingerprint density at radius 2 is 1.54 bits per heavy atom. The monoisotopic (exact) mass is 554 g/mol. The van der Waals surface area contributed by atoms with Crippen LogP contribution < -0.4 is 0 Å². The van der Waals surface area contributed by atoms with Crippen molar-refractivity contribution in [2.75, 3.05) is 0 Å². The van der Waals surface area contributed by atoms with Crippen LogP contribution in [0, 0.1) is 28.6 Å². The molecule has 39 heavy (non-hydrogen) atoms. The van der Waals surface area contributed by atoms with Crippen LogP contribution in [0.3, 0.4) is 0 Å². The van der Waals surface area contributed by atoms with Crippen molar-refractivity contribution in [3.8, 4) is 0 Å². The number of Topliss-reactive ketones (excluding diaryl/α,β-unsaturated/α-hetero) is 1. The molecule has 0 aliphatic heterocycles. The number of aliphatic hydroxyl groups excluding tert-OH is 1. The quantitative estimate of drug-likeness (QED) is 0.379. The van der Waals surface area contributed by atoms with Gasteiger partial charge in [-0.3, -0.25) is 4.79 Å². The second-order valence-electron chi connectivity index (χ2n) is 14.7. The first-order valence-electron chi connectivity index (χ1n) is 15.5. The van der Waals surface area contributed by atoms with E-state index < -0.39 is 26.6 Å². The number of carbonyl (C=O) groups excluding carboxylic acids is 1. The highest BCUT2D eigenvalue weighted by molar-refractivity contribution is 7.92. The lowest BCUT2D eigenvalue weighted by Crippen LogP contribution is -2.57. The number of hydrogen-bond acceptors (Lipinski definition) is 4. The number of fused-ring (bicyclic) bond motifs is 5. The Kier molecular flexibility index (Phi) is 7.32. The lowest BCUT2D eigenvalue weighted by molar-refractivity contribution is -0.131. The van der Waals surface area contributed by atoms with Crippen LogP contribution in [-0.4, -0.2) is 30.7 Å². The SMILES string of the molecule is CC(C)c1cc(C(C)C)c(S(=O)(=O)C2C[C@H](O)CC3=CC[C@H]4[C@@H]5CCC(=O)[C@@]5(C)CC[C@@H]4[C@]32C)c(C(C)C)c1. The molecule has 1 aromatic rings. The molecule has 4 aliphatic carbocycles. The predicted octanol–water partition coefficient (Wildman–Crippen LogP) is 7.70. The summed E-state index contributed by atoms with van der Waals surface area (Å²) < 4.78 is 30.3. The van der Waals surface area contributed by atoms with Gasteiger partial charge in [-0.15, -0.1) is 0 Å². The highest BCUT2D eigenvalue weighted by Gasteiger charge is 2.63. The summed E-state index contributed by atoms with van der Waals surface area (Å²) in [4.78, 5) is 13.5. The molecule has 5 rings (SSSR count). The fourth-order valence-electron chi connectivity index (χ4n) is 9.26. The van der Waals surface area contributed by atoms with E-state index in [9.17, 15) is 9.90 Å². The summed E-state index contributed by atoms with van der Waals surface area (Å²) >= 11 is 0. The topological polar surface area (TPSA) is 71.4 Å². The van der Waals surface area contributed by atoms with Crippen molar-refractivity contribution in [2.45, 2.75) is 134 Å². The summed E-state index contributed by atoms with van der Waals surface area (Å²) in [6.45, 7) is 17.1. The van der Waals surface area contributed by atoms with Crippen molar-refractivity contribution in [2.24, 2.45) is 28.6 Å². The van der Waals surface area contributed by atoms with E-state index in [0.29, 0.717) is 41.3 Å². The van der Waals surface area contributed by atoms with Crippen molar-refractivity contribution in [3.05, 3.63) is 40.5 Å². The smallest absolute Gasteiger partial charge is 0.182 e. The molecule has 1 aromatic carbocycles. The van der Waals surface area contributed by atoms with E-state index in [-0.39, 0.29) is 29.6 Å². The molecular formula is C34H50O4S. The van der Waals surface area contributed by atoms with Crippen LogP contribution >= 0.6 is 0 Å². The van der Waals surface area contributed by atoms with Crippen molar-refractivity contribution < 1.29 is 18.3 Å². The second-order valence-corrected chi connectivity index (χ2v) is 16.7. The Bertz CT molecular complexity index is 1260. The van der Waals surface area contributed by atoms with Crippen LogP contribution in [0.15, 0.2) is 28.7 Å². The minimum absolute atomic E-state index is 0.0706. The number of rotatable bonds is 5. The number of ketones is 1. The van der Waals surface area contributed by atoms with Gasteiger partial charge in [0.05, 0.1) is 16.2 Å². The van der Waals surface area contributed by atoms with Gasteiger partial charge in [0.15, 0.2) is 9.84 Å². The third-order valence-corrected chi connectivity index (χ3v) is 14.1. The molecule has 5 heteroatoms. The van der Waals surface area contributed by atoms with Gasteiger partial charge in [0.25, 0.3) is 0 Å². The number of benzene rings is 1. The van der Waals surface area contributed by atoms with Gasteiger partial charge in [-0.05, 0) is 90.7 Å². The van der Waals surface area contributed by atoms with Gasteiger partial charge in [-0.25, -0.2) is 8.42 Å². The maximum atomic E-state index is 15.1. The Hall–Kier alpha value is -1.46. The average Bonchev–Trinajstić information content (AvgIpc) is 3.17. The first-order chi connectivity index (χ1) is 18.1. The molecule has 0 spiro atoms. The molecular weight excluding hydrogens is 504 g/mol. The standard InChI is InChI=1S/C34H50O4S/c1-19(2)22-15-26(20(3)4)32(27(16-22)21(5)6)39(37,38)31-18-24(35)17-23-9-10-25-28-11-12-30(36)33(28,7)14-13-29(25)34(23,31)8/h9,15-16,19-21,24-25,28-29,31,35H,10-14,17-18H2,1-8H3/t24-,25+,28+,29+,31?,33+,34+/m1/s1. The molecule has 216 valence electrons. The first kappa shape index (κ1) is 29.0. The van der Waals surface area contributed by atoms with Gasteiger partial charge < -0.3 is 5.11 Å². The number of sulfone groups is 1. The van der Waals surface area contributed by atoms with E-state index in [4.69, 9.17) is 0 Å². The van der Waals surface area contributed by atoms with E-state index in [2.05, 4.69) is 73.6 Å². The van der Waals surface area contributed by atoms with Crippen LogP contribution in [-0.2, 0) is 14.6 Å². The van der Waals surface area contributed by atoms with E-state index >= 15 is 8.42 Å². The maximum Gasteiger partial charge on any atom is 0.182 e. The zero-order valence-corrected chi connectivity index (χ0v) is 26.2. The molecule has 0 bridgehead atoms. The van der Waals surface area contributed by atoms with Gasteiger partial charge in [0.1, 0.15) is 5.78 Å². The molecule has 3 fully saturated rings. The minimum atomic E-state index is -3.78. The Morgan fingerprint density at radius 1 is 0.923 bits per heavy atom. The van der Waals surface area contributed by atoms with Crippen LogP contribution in [0.25, 0.3) is 0 Å². The lowest BCUT2D eigenvalue weighted by atomic mass is 9.48. The summed E-state index contributed by atoms with van der Waals surface area (Å²) in [6.07, 6.45) is 6.70. The summed E-state index contributed by atoms with van der Waals surface area (Å²) in [7, 11) is -3.78. The second kappa shape index (κ2) is 9.82. The fourth-order valence-corrected chi connectivity index (χ4v) is 12.2. The zero-order chi connectivity index (χ0) is 28.7. The van der Waals surface area contributed by atoms with Gasteiger partial charge in [0.2, 0.25) is 0 Å². The van der Waals surface area contributed by atoms with Crippen LogP contribution in [0.4, 0.5) is 0 Å². The molecule has 0 saturated heterocycles. The van der Waals surface area contributed by atoms with E-state index in [1.807, 2.05) is 0 Å². The van der Waals surface area contributed by atoms with E-state index in [1.165, 1.54) is 5.56 Å². The van der Waals surface area contributed by atoms with Crippen molar-refractivity contribution in [3.63, 3.8) is 0 Å². The summed E-state index contributed by atoms with van der Waals surface area (Å²) in [6, 6.07) is 4.26. The molecule has 3 saturated carbocycles. The molecule has 0 heterocycles. The average molecular weight is 555 g/mol. The zero-order valence-electron chi connectivity index (χ0n) is 25.4. The minimum Gasteiger partial charge on any atom is -0.393 e. The van der Waals surface area contributed by atoms with Crippen LogP contribution in [0.1, 0.15) is 135 Å². The van der Waals surface area contributed by atoms with Gasteiger partial charge >= 0.3 is 0 Å². The highest BCUT2D eigenvalue weighted by atomic mass is 32.2.